The van der Waals surface area contributed by atoms with Gasteiger partial charge in [-0.2, -0.15) is 0 Å². The number of nitrogens with one attached hydrogen (secondary N) is 3. The maximum absolute atomic E-state index is 11.9. The number of carbonyl (C=O) groups is 3. The molecule has 0 heterocycles. The predicted molar refractivity (Wildman–Crippen MR) is 115 cm³/mol. The van der Waals surface area contributed by atoms with Gasteiger partial charge in [-0.25, -0.2) is 14.6 Å². The van der Waals surface area contributed by atoms with Crippen LogP contribution in [0.2, 0.25) is 5.02 Å². The number of halogens is 1. The Balaban J connectivity index is 2.44. The zero-order chi connectivity index (χ0) is 22.8. The second kappa shape index (κ2) is 11.4. The van der Waals surface area contributed by atoms with Crippen molar-refractivity contribution in [1.29, 1.82) is 0 Å². The maximum Gasteiger partial charge on any atom is 0.413 e. The summed E-state index contributed by atoms with van der Waals surface area (Å²) >= 11 is 5.88. The lowest BCUT2D eigenvalue weighted by Crippen LogP contribution is -2.43. The first-order valence-electron chi connectivity index (χ1n) is 9.00. The second-order valence-electron chi connectivity index (χ2n) is 5.83. The first-order chi connectivity index (χ1) is 14.8. The lowest BCUT2D eigenvalue weighted by Gasteiger charge is -2.13. The van der Waals surface area contributed by atoms with Crippen LogP contribution in [0.25, 0.3) is 0 Å². The van der Waals surface area contributed by atoms with Gasteiger partial charge >= 0.3 is 12.2 Å². The summed E-state index contributed by atoms with van der Waals surface area (Å²) in [6, 6.07) is 11.4. The summed E-state index contributed by atoms with van der Waals surface area (Å²) in [5, 5.41) is 7.77. The van der Waals surface area contributed by atoms with Gasteiger partial charge in [-0.1, -0.05) is 18.5 Å². The van der Waals surface area contributed by atoms with Gasteiger partial charge in [-0.3, -0.25) is 15.4 Å². The smallest absolute Gasteiger partial charge is 0.413 e. The normalized spacial score (nSPS) is 9.81. The Hall–Kier alpha value is -3.79. The molecule has 0 aliphatic heterocycles. The SMILES string of the molecule is CCC(=O)Nc1ccc(Oc2ccc(Cl)cc2)cc1N=C(NC(=O)OC)NC(=O)OC. The molecule has 0 atom stereocenters. The topological polar surface area (TPSA) is 127 Å². The highest BCUT2D eigenvalue weighted by molar-refractivity contribution is 6.30. The number of hydrogen-bond donors (Lipinski definition) is 3. The molecule has 0 saturated heterocycles. The van der Waals surface area contributed by atoms with Crippen LogP contribution in [0.5, 0.6) is 11.5 Å². The van der Waals surface area contributed by atoms with Gasteiger partial charge < -0.3 is 19.5 Å². The molecular formula is C20H21ClN4O6. The Morgan fingerprint density at radius 3 is 2.06 bits per heavy atom. The summed E-state index contributed by atoms with van der Waals surface area (Å²) in [7, 11) is 2.30. The number of alkyl carbamates (subject to hydrolysis) is 2. The number of carbonyl (C=O) groups excluding carboxylic acids is 3. The summed E-state index contributed by atoms with van der Waals surface area (Å²) < 4.78 is 14.8. The molecule has 2 aromatic rings. The minimum Gasteiger partial charge on any atom is -0.457 e. The third-order valence-electron chi connectivity index (χ3n) is 3.66. The minimum atomic E-state index is -0.872. The zero-order valence-corrected chi connectivity index (χ0v) is 17.8. The summed E-state index contributed by atoms with van der Waals surface area (Å²) in [6.45, 7) is 1.69. The molecule has 164 valence electrons. The fraction of sp³-hybridized carbons (Fsp3) is 0.200. The van der Waals surface area contributed by atoms with Gasteiger partial charge in [0.05, 0.1) is 25.6 Å². The van der Waals surface area contributed by atoms with Crippen molar-refractivity contribution in [3.63, 3.8) is 0 Å². The predicted octanol–water partition coefficient (Wildman–Crippen LogP) is 4.18. The zero-order valence-electron chi connectivity index (χ0n) is 17.0. The summed E-state index contributed by atoms with van der Waals surface area (Å²) in [4.78, 5) is 39.3. The molecule has 0 aliphatic carbocycles. The van der Waals surface area contributed by atoms with Crippen LogP contribution in [0.4, 0.5) is 21.0 Å². The second-order valence-corrected chi connectivity index (χ2v) is 6.27. The van der Waals surface area contributed by atoms with Crippen LogP contribution in [0.1, 0.15) is 13.3 Å². The molecule has 2 rings (SSSR count). The van der Waals surface area contributed by atoms with Crippen molar-refractivity contribution in [3.8, 4) is 11.5 Å². The Morgan fingerprint density at radius 2 is 1.52 bits per heavy atom. The molecule has 0 saturated carbocycles. The molecule has 0 radical (unpaired) electrons. The lowest BCUT2D eigenvalue weighted by molar-refractivity contribution is -0.115. The summed E-state index contributed by atoms with van der Waals surface area (Å²) in [6.07, 6.45) is -1.51. The van der Waals surface area contributed by atoms with Gasteiger partial charge in [0.2, 0.25) is 11.9 Å². The third kappa shape index (κ3) is 7.52. The van der Waals surface area contributed by atoms with Crippen molar-refractivity contribution in [2.45, 2.75) is 13.3 Å². The number of rotatable bonds is 5. The first kappa shape index (κ1) is 23.5. The quantitative estimate of drug-likeness (QED) is 0.465. The molecular weight excluding hydrogens is 428 g/mol. The van der Waals surface area contributed by atoms with Crippen LogP contribution in [0.3, 0.4) is 0 Å². The average Bonchev–Trinajstić information content (AvgIpc) is 2.76. The number of ether oxygens (including phenoxy) is 3. The first-order valence-corrected chi connectivity index (χ1v) is 9.38. The Labute approximate surface area is 183 Å². The van der Waals surface area contributed by atoms with Crippen molar-refractivity contribution in [3.05, 3.63) is 47.5 Å². The molecule has 10 nitrogen and oxygen atoms in total. The largest absolute Gasteiger partial charge is 0.457 e. The highest BCUT2D eigenvalue weighted by Crippen LogP contribution is 2.32. The van der Waals surface area contributed by atoms with Gasteiger partial charge in [0.15, 0.2) is 0 Å². The van der Waals surface area contributed by atoms with Crippen LogP contribution >= 0.6 is 11.6 Å². The average molecular weight is 449 g/mol. The molecule has 0 bridgehead atoms. The number of nitrogens with zero attached hydrogens (tertiary/aromatic N) is 1. The number of anilines is 1. The number of hydrogen-bond acceptors (Lipinski definition) is 7. The third-order valence-corrected chi connectivity index (χ3v) is 3.91. The van der Waals surface area contributed by atoms with E-state index in [9.17, 15) is 14.4 Å². The highest BCUT2D eigenvalue weighted by atomic mass is 35.5. The van der Waals surface area contributed by atoms with E-state index in [1.807, 2.05) is 0 Å². The molecule has 0 aromatic heterocycles. The molecule has 0 spiro atoms. The Morgan fingerprint density at radius 1 is 0.935 bits per heavy atom. The molecule has 31 heavy (non-hydrogen) atoms. The van der Waals surface area contributed by atoms with E-state index in [2.05, 4.69) is 30.4 Å². The van der Waals surface area contributed by atoms with Crippen molar-refractivity contribution < 1.29 is 28.6 Å². The monoisotopic (exact) mass is 448 g/mol. The van der Waals surface area contributed by atoms with E-state index in [0.717, 1.165) is 14.2 Å². The van der Waals surface area contributed by atoms with Crippen LogP contribution < -0.4 is 20.7 Å². The molecule has 3 amide bonds. The fourth-order valence-electron chi connectivity index (χ4n) is 2.15. The highest BCUT2D eigenvalue weighted by Gasteiger charge is 2.14. The molecule has 0 fully saturated rings. The molecule has 11 heteroatoms. The van der Waals surface area contributed by atoms with Crippen LogP contribution in [0, 0.1) is 0 Å². The number of aliphatic imine (C=N–C) groups is 1. The minimum absolute atomic E-state index is 0.191. The van der Waals surface area contributed by atoms with E-state index in [1.165, 1.54) is 6.07 Å². The molecule has 0 aliphatic rings. The fourth-order valence-corrected chi connectivity index (χ4v) is 2.28. The van der Waals surface area contributed by atoms with E-state index < -0.39 is 12.2 Å². The van der Waals surface area contributed by atoms with Crippen LogP contribution in [-0.2, 0) is 14.3 Å². The molecule has 0 unspecified atom stereocenters. The summed E-state index contributed by atoms with van der Waals surface area (Å²) in [5.74, 6) is 0.358. The van der Waals surface area contributed by atoms with Crippen molar-refractivity contribution >= 4 is 47.0 Å². The molecule has 3 N–H and O–H groups in total. The van der Waals surface area contributed by atoms with Gasteiger partial charge in [0.1, 0.15) is 11.5 Å². The Bertz CT molecular complexity index is 958. The van der Waals surface area contributed by atoms with Crippen molar-refractivity contribution in [2.24, 2.45) is 4.99 Å². The van der Waals surface area contributed by atoms with E-state index in [4.69, 9.17) is 16.3 Å². The van der Waals surface area contributed by atoms with E-state index in [0.29, 0.717) is 22.2 Å². The van der Waals surface area contributed by atoms with Gasteiger partial charge in [0.25, 0.3) is 0 Å². The van der Waals surface area contributed by atoms with E-state index in [1.54, 1.807) is 43.3 Å². The molecule has 2 aromatic carbocycles. The maximum atomic E-state index is 11.9. The van der Waals surface area contributed by atoms with E-state index >= 15 is 0 Å². The van der Waals surface area contributed by atoms with Crippen molar-refractivity contribution in [2.75, 3.05) is 19.5 Å². The number of benzene rings is 2. The number of guanidine groups is 1. The van der Waals surface area contributed by atoms with Crippen molar-refractivity contribution in [1.82, 2.24) is 10.6 Å². The van der Waals surface area contributed by atoms with Crippen LogP contribution in [-0.4, -0.2) is 38.3 Å². The van der Waals surface area contributed by atoms with Gasteiger partial charge in [-0.05, 0) is 36.4 Å². The van der Waals surface area contributed by atoms with Gasteiger partial charge in [0, 0.05) is 17.5 Å². The Kier molecular flexibility index (Phi) is 8.64. The van der Waals surface area contributed by atoms with Crippen LogP contribution in [0.15, 0.2) is 47.5 Å². The number of amides is 3. The lowest BCUT2D eigenvalue weighted by atomic mass is 10.2. The summed E-state index contributed by atoms with van der Waals surface area (Å²) in [5.41, 5.74) is 0.516. The van der Waals surface area contributed by atoms with Gasteiger partial charge in [-0.15, -0.1) is 0 Å². The standard InChI is InChI=1S/C20H21ClN4O6/c1-4-17(26)22-15-10-9-14(31-13-7-5-12(21)6-8-13)11-16(15)23-18(24-19(27)29-2)25-20(28)30-3/h5-11H,4H2,1-3H3,(H,22,26)(H2,23,24,25,27,28). The number of methoxy groups -OCH3 is 2. The van der Waals surface area contributed by atoms with E-state index in [-0.39, 0.29) is 24.0 Å².